The summed E-state index contributed by atoms with van der Waals surface area (Å²) in [5.74, 6) is 0.605. The van der Waals surface area contributed by atoms with Crippen molar-refractivity contribution in [2.24, 2.45) is 0 Å². The van der Waals surface area contributed by atoms with Gasteiger partial charge in [0.25, 0.3) is 5.91 Å². The number of carboxylic acid groups (broad SMARTS) is 1. The zero-order chi connectivity index (χ0) is 29.1. The zero-order valence-corrected chi connectivity index (χ0v) is 25.5. The van der Waals surface area contributed by atoms with Crippen LogP contribution in [0.15, 0.2) is 53.0 Å². The Kier molecular flexibility index (Phi) is 9.31. The molecule has 218 valence electrons. The fourth-order valence-electron chi connectivity index (χ4n) is 5.09. The van der Waals surface area contributed by atoms with E-state index in [0.29, 0.717) is 50.6 Å². The van der Waals surface area contributed by atoms with E-state index in [9.17, 15) is 23.1 Å². The number of hydrogen-bond acceptors (Lipinski definition) is 7. The molecule has 12 heteroatoms. The van der Waals surface area contributed by atoms with Crippen LogP contribution in [0.25, 0.3) is 0 Å². The molecular weight excluding hydrogens is 600 g/mol. The summed E-state index contributed by atoms with van der Waals surface area (Å²) in [7, 11) is -2.93. The van der Waals surface area contributed by atoms with E-state index in [1.165, 1.54) is 4.90 Å². The molecule has 2 aliphatic rings. The lowest BCUT2D eigenvalue weighted by Gasteiger charge is -2.42. The summed E-state index contributed by atoms with van der Waals surface area (Å²) in [4.78, 5) is 30.0. The number of carbonyl (C=O) groups is 2. The van der Waals surface area contributed by atoms with Crippen molar-refractivity contribution >= 4 is 43.5 Å². The lowest BCUT2D eigenvalue weighted by Crippen LogP contribution is -2.54. The van der Waals surface area contributed by atoms with E-state index < -0.39 is 27.5 Å². The molecule has 1 atom stereocenters. The van der Waals surface area contributed by atoms with Gasteiger partial charge in [-0.05, 0) is 73.0 Å². The maximum atomic E-state index is 14.2. The van der Waals surface area contributed by atoms with Gasteiger partial charge in [0, 0.05) is 42.7 Å². The molecule has 0 radical (unpaired) electrons. The summed E-state index contributed by atoms with van der Waals surface area (Å²) in [6, 6.07) is 13.6. The van der Waals surface area contributed by atoms with Gasteiger partial charge in [0.15, 0.2) is 9.84 Å². The van der Waals surface area contributed by atoms with E-state index in [0.717, 1.165) is 16.6 Å². The molecule has 40 heavy (non-hydrogen) atoms. The third-order valence-corrected chi connectivity index (χ3v) is 9.43. The van der Waals surface area contributed by atoms with Crippen LogP contribution in [0.5, 0.6) is 5.75 Å². The monoisotopic (exact) mass is 636 g/mol. The standard InChI is InChI=1S/C28H37BrN4O6S/c1-28(2,3)33(27(35)36)25(26(34)32-14-6-13-31(32)24-8-5-4-7-23(24)29)21-9-11-22(12-10-21)39-18-15-30-16-19-40(37,38)20-17-30/h4-5,7-12,25H,6,13-20H2,1-3H3,(H,35,36)/t25-/m0/s1. The summed E-state index contributed by atoms with van der Waals surface area (Å²) in [6.45, 7) is 8.45. The summed E-state index contributed by atoms with van der Waals surface area (Å²) in [6.07, 6.45) is -0.417. The summed E-state index contributed by atoms with van der Waals surface area (Å²) >= 11 is 3.58. The van der Waals surface area contributed by atoms with Crippen LogP contribution in [-0.4, -0.2) is 96.7 Å². The Morgan fingerprint density at radius 2 is 1.68 bits per heavy atom. The number of benzene rings is 2. The van der Waals surface area contributed by atoms with Crippen molar-refractivity contribution in [1.29, 1.82) is 0 Å². The molecule has 2 saturated heterocycles. The molecule has 0 aliphatic carbocycles. The number of halogens is 1. The van der Waals surface area contributed by atoms with Gasteiger partial charge in [0.1, 0.15) is 18.4 Å². The Morgan fingerprint density at radius 3 is 2.27 bits per heavy atom. The zero-order valence-electron chi connectivity index (χ0n) is 23.1. The molecule has 2 aliphatic heterocycles. The minimum Gasteiger partial charge on any atom is -0.492 e. The number of hydrazine groups is 1. The number of ether oxygens (including phenoxy) is 1. The van der Waals surface area contributed by atoms with E-state index in [-0.39, 0.29) is 17.4 Å². The lowest BCUT2D eigenvalue weighted by molar-refractivity contribution is -0.138. The molecule has 0 unspecified atom stereocenters. The van der Waals surface area contributed by atoms with E-state index in [1.54, 1.807) is 50.0 Å². The fourth-order valence-corrected chi connectivity index (χ4v) is 6.86. The maximum absolute atomic E-state index is 14.2. The molecule has 0 saturated carbocycles. The van der Waals surface area contributed by atoms with Gasteiger partial charge in [-0.15, -0.1) is 0 Å². The Morgan fingerprint density at radius 1 is 1.02 bits per heavy atom. The molecule has 2 aromatic rings. The van der Waals surface area contributed by atoms with E-state index in [1.807, 2.05) is 29.3 Å². The van der Waals surface area contributed by atoms with Gasteiger partial charge in [-0.25, -0.2) is 13.2 Å². The number of rotatable bonds is 8. The van der Waals surface area contributed by atoms with Crippen molar-refractivity contribution in [3.8, 4) is 5.75 Å². The van der Waals surface area contributed by atoms with Gasteiger partial charge in [-0.2, -0.15) is 0 Å². The highest BCUT2D eigenvalue weighted by Crippen LogP contribution is 2.35. The smallest absolute Gasteiger partial charge is 0.408 e. The number of para-hydroxylation sites is 1. The highest BCUT2D eigenvalue weighted by molar-refractivity contribution is 9.10. The molecule has 2 heterocycles. The normalized spacial score (nSPS) is 18.4. The quantitative estimate of drug-likeness (QED) is 0.462. The highest BCUT2D eigenvalue weighted by Gasteiger charge is 2.43. The van der Waals surface area contributed by atoms with Crippen LogP contribution in [0.2, 0.25) is 0 Å². The second-order valence-electron chi connectivity index (χ2n) is 11.0. The fraction of sp³-hybridized carbons (Fsp3) is 0.500. The first-order chi connectivity index (χ1) is 18.9. The molecule has 2 fully saturated rings. The number of sulfone groups is 1. The minimum absolute atomic E-state index is 0.167. The summed E-state index contributed by atoms with van der Waals surface area (Å²) in [5.41, 5.74) is 0.552. The van der Waals surface area contributed by atoms with Gasteiger partial charge in [-0.1, -0.05) is 24.3 Å². The molecule has 0 spiro atoms. The molecule has 1 N–H and O–H groups in total. The molecule has 2 amide bonds. The Labute approximate surface area is 244 Å². The number of anilines is 1. The van der Waals surface area contributed by atoms with Gasteiger partial charge >= 0.3 is 6.09 Å². The minimum atomic E-state index is -2.93. The number of carbonyl (C=O) groups excluding carboxylic acids is 1. The SMILES string of the molecule is CC(C)(C)N(C(=O)O)[C@H](C(=O)N1CCCN1c1ccccc1Br)c1ccc(OCCN2CCS(=O)(=O)CC2)cc1. The lowest BCUT2D eigenvalue weighted by atomic mass is 9.97. The Bertz CT molecular complexity index is 1300. The first kappa shape index (κ1) is 30.1. The average molecular weight is 638 g/mol. The summed E-state index contributed by atoms with van der Waals surface area (Å²) in [5, 5.41) is 13.8. The van der Waals surface area contributed by atoms with Crippen LogP contribution in [0.1, 0.15) is 38.8 Å². The summed E-state index contributed by atoms with van der Waals surface area (Å²) < 4.78 is 30.0. The Balaban J connectivity index is 1.54. The van der Waals surface area contributed by atoms with Gasteiger partial charge in [0.05, 0.1) is 17.2 Å². The van der Waals surface area contributed by atoms with Crippen LogP contribution < -0.4 is 9.75 Å². The predicted molar refractivity (Wildman–Crippen MR) is 157 cm³/mol. The predicted octanol–water partition coefficient (Wildman–Crippen LogP) is 4.03. The third kappa shape index (κ3) is 7.08. The van der Waals surface area contributed by atoms with Crippen molar-refractivity contribution in [3.05, 3.63) is 58.6 Å². The van der Waals surface area contributed by atoms with Crippen molar-refractivity contribution in [1.82, 2.24) is 14.8 Å². The molecular formula is C28H37BrN4O6S. The second kappa shape index (κ2) is 12.4. The van der Waals surface area contributed by atoms with Crippen molar-refractivity contribution in [2.45, 2.75) is 38.8 Å². The van der Waals surface area contributed by atoms with E-state index in [4.69, 9.17) is 4.74 Å². The van der Waals surface area contributed by atoms with Crippen LogP contribution in [0.4, 0.5) is 10.5 Å². The molecule has 0 bridgehead atoms. The van der Waals surface area contributed by atoms with Gasteiger partial charge in [-0.3, -0.25) is 24.6 Å². The van der Waals surface area contributed by atoms with Crippen LogP contribution >= 0.6 is 15.9 Å². The maximum Gasteiger partial charge on any atom is 0.408 e. The van der Waals surface area contributed by atoms with Crippen molar-refractivity contribution < 1.29 is 27.9 Å². The largest absolute Gasteiger partial charge is 0.492 e. The number of nitrogens with zero attached hydrogens (tertiary/aromatic N) is 4. The Hall–Kier alpha value is -2.83. The van der Waals surface area contributed by atoms with Crippen molar-refractivity contribution in [3.63, 3.8) is 0 Å². The van der Waals surface area contributed by atoms with Gasteiger partial charge < -0.3 is 9.84 Å². The van der Waals surface area contributed by atoms with Crippen LogP contribution in [0, 0.1) is 0 Å². The topological polar surface area (TPSA) is 111 Å². The number of amides is 2. The van der Waals surface area contributed by atoms with E-state index in [2.05, 4.69) is 20.8 Å². The van der Waals surface area contributed by atoms with E-state index >= 15 is 0 Å². The number of hydrogen-bond donors (Lipinski definition) is 1. The van der Waals surface area contributed by atoms with Gasteiger partial charge in [0.2, 0.25) is 0 Å². The highest BCUT2D eigenvalue weighted by atomic mass is 79.9. The first-order valence-electron chi connectivity index (χ1n) is 13.4. The second-order valence-corrected chi connectivity index (χ2v) is 14.2. The third-order valence-electron chi connectivity index (χ3n) is 7.15. The molecule has 4 rings (SSSR count). The molecule has 2 aromatic carbocycles. The van der Waals surface area contributed by atoms with Crippen LogP contribution in [0.3, 0.4) is 0 Å². The first-order valence-corrected chi connectivity index (χ1v) is 16.0. The van der Waals surface area contributed by atoms with Crippen molar-refractivity contribution in [2.75, 3.05) is 55.8 Å². The average Bonchev–Trinajstić information content (AvgIpc) is 3.37. The molecule has 0 aromatic heterocycles. The van der Waals surface area contributed by atoms with Crippen LogP contribution in [-0.2, 0) is 14.6 Å². The molecule has 10 nitrogen and oxygen atoms in total.